The lowest BCUT2D eigenvalue weighted by Crippen LogP contribution is -2.45. The number of carbonyl (C=O) groups excluding carboxylic acids is 2. The van der Waals surface area contributed by atoms with Crippen LogP contribution in [0.4, 0.5) is 4.79 Å². The van der Waals surface area contributed by atoms with Gasteiger partial charge in [0.1, 0.15) is 25.2 Å². The van der Waals surface area contributed by atoms with Crippen molar-refractivity contribution in [3.8, 4) is 29.1 Å². The summed E-state index contributed by atoms with van der Waals surface area (Å²) in [5, 5.41) is 12.2. The first-order valence-electron chi connectivity index (χ1n) is 13.3. The minimum absolute atomic E-state index is 0.173. The summed E-state index contributed by atoms with van der Waals surface area (Å²) in [5.41, 5.74) is 3.18. The number of nitrogens with one attached hydrogen (secondary N) is 1. The molecule has 41 heavy (non-hydrogen) atoms. The van der Waals surface area contributed by atoms with E-state index in [-0.39, 0.29) is 6.79 Å². The molecule has 0 spiro atoms. The van der Waals surface area contributed by atoms with E-state index in [2.05, 4.69) is 16.4 Å². The highest BCUT2D eigenvalue weighted by Crippen LogP contribution is 2.38. The lowest BCUT2D eigenvalue weighted by atomic mass is 9.85. The maximum atomic E-state index is 13.9. The van der Waals surface area contributed by atoms with E-state index in [1.165, 1.54) is 0 Å². The Labute approximate surface area is 236 Å². The van der Waals surface area contributed by atoms with Gasteiger partial charge >= 0.3 is 12.0 Å². The first-order valence-corrected chi connectivity index (χ1v) is 13.3. The Balaban J connectivity index is 1.30. The number of aliphatic imine (C=N–C) groups is 1. The zero-order chi connectivity index (χ0) is 28.3. The highest BCUT2D eigenvalue weighted by Gasteiger charge is 2.40. The van der Waals surface area contributed by atoms with Gasteiger partial charge in [0.25, 0.3) is 0 Å². The predicted molar refractivity (Wildman–Crippen MR) is 146 cm³/mol. The highest BCUT2D eigenvalue weighted by molar-refractivity contribution is 6.09. The number of amides is 2. The van der Waals surface area contributed by atoms with Crippen LogP contribution in [-0.2, 0) is 16.0 Å². The van der Waals surface area contributed by atoms with Gasteiger partial charge in [0.05, 0.1) is 17.7 Å². The second-order valence-electron chi connectivity index (χ2n) is 9.92. The molecule has 0 aromatic heterocycles. The zero-order valence-electron chi connectivity index (χ0n) is 22.3. The molecule has 0 saturated carbocycles. The van der Waals surface area contributed by atoms with Gasteiger partial charge in [-0.15, -0.1) is 0 Å². The fourth-order valence-electron chi connectivity index (χ4n) is 5.20. The number of fused-ring (bicyclic) bond motifs is 2. The van der Waals surface area contributed by atoms with Crippen LogP contribution in [0, 0.1) is 17.2 Å². The molecule has 10 nitrogen and oxygen atoms in total. The van der Waals surface area contributed by atoms with Crippen molar-refractivity contribution in [2.45, 2.75) is 31.9 Å². The summed E-state index contributed by atoms with van der Waals surface area (Å²) in [7, 11) is 0. The van der Waals surface area contributed by atoms with Gasteiger partial charge in [-0.25, -0.2) is 9.79 Å². The molecular formula is C31H27N3O7. The van der Waals surface area contributed by atoms with Crippen LogP contribution in [0.25, 0.3) is 0 Å². The second-order valence-corrected chi connectivity index (χ2v) is 9.92. The molecule has 2 amide bonds. The fraction of sp³-hybridized carbons (Fsp3) is 0.290. The maximum absolute atomic E-state index is 13.9. The summed E-state index contributed by atoms with van der Waals surface area (Å²) in [6, 6.07) is 18.8. The molecule has 0 saturated heterocycles. The van der Waals surface area contributed by atoms with Gasteiger partial charge in [-0.05, 0) is 72.9 Å². The molecular weight excluding hydrogens is 526 g/mol. The lowest BCUT2D eigenvalue weighted by Gasteiger charge is -2.32. The highest BCUT2D eigenvalue weighted by atomic mass is 16.7. The van der Waals surface area contributed by atoms with Crippen molar-refractivity contribution < 1.29 is 33.3 Å². The van der Waals surface area contributed by atoms with E-state index in [0.29, 0.717) is 71.5 Å². The van der Waals surface area contributed by atoms with Crippen LogP contribution in [0.15, 0.2) is 65.7 Å². The Morgan fingerprint density at radius 2 is 1.76 bits per heavy atom. The number of ether oxygens (including phenoxy) is 5. The molecule has 6 rings (SSSR count). The number of nitrogens with zero attached hydrogens (tertiary/aromatic N) is 2. The van der Waals surface area contributed by atoms with Crippen molar-refractivity contribution in [3.63, 3.8) is 0 Å². The smallest absolute Gasteiger partial charge is 0.341 e. The zero-order valence-corrected chi connectivity index (χ0v) is 22.3. The fourth-order valence-corrected chi connectivity index (χ4v) is 5.20. The Kier molecular flexibility index (Phi) is 7.17. The third kappa shape index (κ3) is 5.52. The van der Waals surface area contributed by atoms with Gasteiger partial charge in [-0.1, -0.05) is 24.3 Å². The van der Waals surface area contributed by atoms with Gasteiger partial charge in [0.2, 0.25) is 6.79 Å². The molecule has 3 atom stereocenters. The van der Waals surface area contributed by atoms with Crippen molar-refractivity contribution in [1.82, 2.24) is 5.32 Å². The van der Waals surface area contributed by atoms with E-state index < -0.39 is 30.1 Å². The Morgan fingerprint density at radius 3 is 2.61 bits per heavy atom. The average molecular weight is 554 g/mol. The molecule has 3 aliphatic rings. The van der Waals surface area contributed by atoms with Crippen molar-refractivity contribution in [2.75, 3.05) is 20.0 Å². The average Bonchev–Trinajstić information content (AvgIpc) is 3.47. The molecule has 10 heteroatoms. The van der Waals surface area contributed by atoms with Crippen molar-refractivity contribution in [2.24, 2.45) is 10.9 Å². The minimum Gasteiger partial charge on any atom is -0.486 e. The lowest BCUT2D eigenvalue weighted by molar-refractivity contribution is -0.152. The molecule has 208 valence electrons. The molecule has 0 fully saturated rings. The van der Waals surface area contributed by atoms with Crippen LogP contribution in [-0.4, -0.2) is 37.7 Å². The second kappa shape index (κ2) is 11.2. The number of urea groups is 1. The molecule has 3 aliphatic heterocycles. The quantitative estimate of drug-likeness (QED) is 0.413. The van der Waals surface area contributed by atoms with Crippen molar-refractivity contribution in [3.05, 3.63) is 82.9 Å². The first kappa shape index (κ1) is 26.2. The molecule has 0 bridgehead atoms. The maximum Gasteiger partial charge on any atom is 0.341 e. The summed E-state index contributed by atoms with van der Waals surface area (Å²) < 4.78 is 28.3. The number of hydrogen-bond donors (Lipinski definition) is 1. The van der Waals surface area contributed by atoms with Crippen LogP contribution in [0.5, 0.6) is 23.0 Å². The molecule has 3 aromatic rings. The van der Waals surface area contributed by atoms with E-state index in [0.717, 1.165) is 5.56 Å². The summed E-state index contributed by atoms with van der Waals surface area (Å²) in [6.07, 6.45) is 0.219. The van der Waals surface area contributed by atoms with E-state index >= 15 is 0 Å². The largest absolute Gasteiger partial charge is 0.486 e. The predicted octanol–water partition coefficient (Wildman–Crippen LogP) is 4.82. The number of carbonyl (C=O) groups is 2. The Hall–Kier alpha value is -5.04. The minimum atomic E-state index is -0.897. The van der Waals surface area contributed by atoms with Crippen LogP contribution >= 0.6 is 0 Å². The Morgan fingerprint density at radius 1 is 1.00 bits per heavy atom. The first-order chi connectivity index (χ1) is 20.0. The third-order valence-corrected chi connectivity index (χ3v) is 7.28. The molecule has 0 radical (unpaired) electrons. The van der Waals surface area contributed by atoms with Crippen LogP contribution < -0.4 is 24.3 Å². The standard InChI is InChI=1S/C31H27N3O7/c1-18(21-4-2-3-20(13-21)16-32)41-30(35)28-23(8-5-19-6-9-25-26(14-19)40-17-39-25)33-31(36)34-29(28)22-7-10-24-27(15-22)38-12-11-37-24/h2-4,6-7,9-10,13-15,18,28-29H,5,8,11-12,17H2,1H3,(H,34,36). The van der Waals surface area contributed by atoms with Gasteiger partial charge < -0.3 is 29.0 Å². The van der Waals surface area contributed by atoms with Gasteiger partial charge in [0, 0.05) is 5.71 Å². The van der Waals surface area contributed by atoms with Gasteiger partial charge in [0.15, 0.2) is 23.0 Å². The number of aryl methyl sites for hydroxylation is 1. The molecule has 3 unspecified atom stereocenters. The normalized spacial score (nSPS) is 19.4. The van der Waals surface area contributed by atoms with E-state index in [1.807, 2.05) is 18.2 Å². The van der Waals surface area contributed by atoms with Gasteiger partial charge in [-0.2, -0.15) is 5.26 Å². The summed E-state index contributed by atoms with van der Waals surface area (Å²) in [5.74, 6) is 1.04. The number of nitriles is 1. The molecule has 3 aromatic carbocycles. The number of rotatable bonds is 7. The summed E-state index contributed by atoms with van der Waals surface area (Å²) in [6.45, 7) is 2.77. The molecule has 1 N–H and O–H groups in total. The van der Waals surface area contributed by atoms with Crippen molar-refractivity contribution >= 4 is 17.7 Å². The SMILES string of the molecule is CC(OC(=O)C1C(CCc2ccc3c(c2)OCO3)=NC(=O)NC1c1ccc2c(c1)OCCO2)c1cccc(C#N)c1. The molecule has 0 aliphatic carbocycles. The van der Waals surface area contributed by atoms with Crippen LogP contribution in [0.3, 0.4) is 0 Å². The van der Waals surface area contributed by atoms with Crippen LogP contribution in [0.2, 0.25) is 0 Å². The monoisotopic (exact) mass is 553 g/mol. The number of esters is 1. The summed E-state index contributed by atoms with van der Waals surface area (Å²) >= 11 is 0. The van der Waals surface area contributed by atoms with E-state index in [1.54, 1.807) is 49.4 Å². The third-order valence-electron chi connectivity index (χ3n) is 7.28. The summed E-state index contributed by atoms with van der Waals surface area (Å²) in [4.78, 5) is 31.0. The number of hydrogen-bond acceptors (Lipinski definition) is 8. The van der Waals surface area contributed by atoms with E-state index in [9.17, 15) is 14.9 Å². The number of benzene rings is 3. The van der Waals surface area contributed by atoms with Crippen molar-refractivity contribution in [1.29, 1.82) is 5.26 Å². The molecule has 3 heterocycles. The van der Waals surface area contributed by atoms with E-state index in [4.69, 9.17) is 23.7 Å². The van der Waals surface area contributed by atoms with Crippen LogP contribution in [0.1, 0.15) is 47.7 Å². The topological polar surface area (TPSA) is 128 Å². The Bertz CT molecular complexity index is 1580. The van der Waals surface area contributed by atoms with Gasteiger partial charge in [-0.3, -0.25) is 4.79 Å².